The van der Waals surface area contributed by atoms with Crippen LogP contribution in [0.25, 0.3) is 11.1 Å². The van der Waals surface area contributed by atoms with Gasteiger partial charge in [0.1, 0.15) is 0 Å². The third-order valence-corrected chi connectivity index (χ3v) is 4.86. The van der Waals surface area contributed by atoms with E-state index in [1.165, 1.54) is 53.9 Å². The SMILES string of the molecule is CCCc1ccc(N2CCCC2)cc1-c1cc(CO)ccc1C. The molecule has 0 saturated carbocycles. The zero-order valence-corrected chi connectivity index (χ0v) is 14.3. The van der Waals surface area contributed by atoms with Crippen molar-refractivity contribution < 1.29 is 5.11 Å². The van der Waals surface area contributed by atoms with Gasteiger partial charge in [-0.15, -0.1) is 0 Å². The highest BCUT2D eigenvalue weighted by Gasteiger charge is 2.15. The predicted molar refractivity (Wildman–Crippen MR) is 98.0 cm³/mol. The lowest BCUT2D eigenvalue weighted by atomic mass is 9.92. The van der Waals surface area contributed by atoms with Crippen molar-refractivity contribution in [3.05, 3.63) is 53.1 Å². The van der Waals surface area contributed by atoms with Crippen molar-refractivity contribution >= 4 is 5.69 Å². The molecule has 0 radical (unpaired) electrons. The van der Waals surface area contributed by atoms with Crippen LogP contribution in [-0.2, 0) is 13.0 Å². The molecule has 2 aromatic rings. The third-order valence-electron chi connectivity index (χ3n) is 4.86. The molecule has 0 aliphatic carbocycles. The third kappa shape index (κ3) is 3.42. The first-order valence-electron chi connectivity index (χ1n) is 8.81. The van der Waals surface area contributed by atoms with E-state index in [0.29, 0.717) is 0 Å². The molecule has 3 rings (SSSR count). The first-order chi connectivity index (χ1) is 11.2. The fourth-order valence-corrected chi connectivity index (χ4v) is 3.53. The highest BCUT2D eigenvalue weighted by molar-refractivity contribution is 5.75. The first kappa shape index (κ1) is 16.1. The van der Waals surface area contributed by atoms with Crippen LogP contribution in [0.2, 0.25) is 0 Å². The average Bonchev–Trinajstić information content (AvgIpc) is 3.11. The smallest absolute Gasteiger partial charge is 0.0682 e. The molecule has 1 saturated heterocycles. The van der Waals surface area contributed by atoms with Gasteiger partial charge in [-0.25, -0.2) is 0 Å². The summed E-state index contributed by atoms with van der Waals surface area (Å²) in [7, 11) is 0. The van der Waals surface area contributed by atoms with Crippen molar-refractivity contribution in [1.29, 1.82) is 0 Å². The van der Waals surface area contributed by atoms with Gasteiger partial charge in [0.05, 0.1) is 6.61 Å². The summed E-state index contributed by atoms with van der Waals surface area (Å²) in [5.74, 6) is 0. The molecule has 1 aliphatic heterocycles. The molecule has 0 aromatic heterocycles. The second-order valence-electron chi connectivity index (χ2n) is 6.59. The fourth-order valence-electron chi connectivity index (χ4n) is 3.53. The van der Waals surface area contributed by atoms with Crippen LogP contribution in [0.1, 0.15) is 42.9 Å². The Balaban J connectivity index is 2.08. The molecule has 0 spiro atoms. The van der Waals surface area contributed by atoms with Crippen molar-refractivity contribution in [2.45, 2.75) is 46.1 Å². The Morgan fingerprint density at radius 2 is 1.78 bits per heavy atom. The summed E-state index contributed by atoms with van der Waals surface area (Å²) in [6.07, 6.45) is 4.84. The van der Waals surface area contributed by atoms with Crippen LogP contribution in [0.5, 0.6) is 0 Å². The second kappa shape index (κ2) is 7.18. The monoisotopic (exact) mass is 309 g/mol. The number of benzene rings is 2. The van der Waals surface area contributed by atoms with Crippen LogP contribution < -0.4 is 4.90 Å². The Labute approximate surface area is 139 Å². The van der Waals surface area contributed by atoms with Gasteiger partial charge in [-0.05, 0) is 72.2 Å². The van der Waals surface area contributed by atoms with E-state index >= 15 is 0 Å². The first-order valence-corrected chi connectivity index (χ1v) is 8.81. The summed E-state index contributed by atoms with van der Waals surface area (Å²) in [5, 5.41) is 9.49. The molecule has 0 amide bonds. The Morgan fingerprint density at radius 3 is 2.48 bits per heavy atom. The van der Waals surface area contributed by atoms with E-state index in [4.69, 9.17) is 0 Å². The molecular formula is C21H27NO. The maximum Gasteiger partial charge on any atom is 0.0682 e. The van der Waals surface area contributed by atoms with Gasteiger partial charge in [0.2, 0.25) is 0 Å². The van der Waals surface area contributed by atoms with Crippen LogP contribution in [0, 0.1) is 6.92 Å². The molecule has 1 fully saturated rings. The topological polar surface area (TPSA) is 23.5 Å². The molecule has 2 aromatic carbocycles. The molecule has 1 heterocycles. The van der Waals surface area contributed by atoms with Gasteiger partial charge in [0.15, 0.2) is 0 Å². The Morgan fingerprint density at radius 1 is 1.00 bits per heavy atom. The maximum absolute atomic E-state index is 9.49. The Hall–Kier alpha value is -1.80. The standard InChI is InChI=1S/C21H27NO/c1-3-6-18-9-10-19(22-11-4-5-12-22)14-21(18)20-13-17(15-23)8-7-16(20)2/h7-10,13-14,23H,3-6,11-12,15H2,1-2H3. The van der Waals surface area contributed by atoms with E-state index in [2.05, 4.69) is 49.1 Å². The summed E-state index contributed by atoms with van der Waals surface area (Å²) >= 11 is 0. The number of aliphatic hydroxyl groups excluding tert-OH is 1. The molecule has 2 heteroatoms. The Bertz CT molecular complexity index is 672. The van der Waals surface area contributed by atoms with E-state index in [1.54, 1.807) is 0 Å². The van der Waals surface area contributed by atoms with E-state index < -0.39 is 0 Å². The lowest BCUT2D eigenvalue weighted by Crippen LogP contribution is -2.17. The predicted octanol–water partition coefficient (Wildman–Crippen LogP) is 4.71. The summed E-state index contributed by atoms with van der Waals surface area (Å²) in [6.45, 7) is 6.83. The molecule has 0 atom stereocenters. The van der Waals surface area contributed by atoms with Crippen molar-refractivity contribution in [1.82, 2.24) is 0 Å². The lowest BCUT2D eigenvalue weighted by Gasteiger charge is -2.21. The Kier molecular flexibility index (Phi) is 5.02. The van der Waals surface area contributed by atoms with Gasteiger partial charge in [0, 0.05) is 18.8 Å². The molecule has 23 heavy (non-hydrogen) atoms. The maximum atomic E-state index is 9.49. The van der Waals surface area contributed by atoms with Crippen LogP contribution in [0.3, 0.4) is 0 Å². The summed E-state index contributed by atoms with van der Waals surface area (Å²) < 4.78 is 0. The van der Waals surface area contributed by atoms with E-state index in [9.17, 15) is 5.11 Å². The zero-order valence-electron chi connectivity index (χ0n) is 14.3. The van der Waals surface area contributed by atoms with Crippen molar-refractivity contribution in [2.75, 3.05) is 18.0 Å². The minimum absolute atomic E-state index is 0.0994. The molecule has 2 nitrogen and oxygen atoms in total. The van der Waals surface area contributed by atoms with Crippen molar-refractivity contribution in [3.8, 4) is 11.1 Å². The second-order valence-corrected chi connectivity index (χ2v) is 6.59. The van der Waals surface area contributed by atoms with E-state index in [1.807, 2.05) is 6.07 Å². The summed E-state index contributed by atoms with van der Waals surface area (Å²) in [5.41, 5.74) is 7.61. The number of hydrogen-bond donors (Lipinski definition) is 1. The number of hydrogen-bond acceptors (Lipinski definition) is 2. The van der Waals surface area contributed by atoms with Crippen molar-refractivity contribution in [2.24, 2.45) is 0 Å². The number of aryl methyl sites for hydroxylation is 2. The van der Waals surface area contributed by atoms with E-state index in [-0.39, 0.29) is 6.61 Å². The van der Waals surface area contributed by atoms with E-state index in [0.717, 1.165) is 18.4 Å². The molecular weight excluding hydrogens is 282 g/mol. The normalized spacial score (nSPS) is 14.5. The molecule has 1 N–H and O–H groups in total. The van der Waals surface area contributed by atoms with Crippen molar-refractivity contribution in [3.63, 3.8) is 0 Å². The van der Waals surface area contributed by atoms with Gasteiger partial charge >= 0.3 is 0 Å². The quantitative estimate of drug-likeness (QED) is 0.865. The number of aliphatic hydroxyl groups is 1. The van der Waals surface area contributed by atoms with Crippen LogP contribution >= 0.6 is 0 Å². The van der Waals surface area contributed by atoms with Gasteiger partial charge in [-0.2, -0.15) is 0 Å². The van der Waals surface area contributed by atoms with Crippen LogP contribution in [-0.4, -0.2) is 18.2 Å². The highest BCUT2D eigenvalue weighted by Crippen LogP contribution is 2.33. The fraction of sp³-hybridized carbons (Fsp3) is 0.429. The van der Waals surface area contributed by atoms with Crippen LogP contribution in [0.15, 0.2) is 36.4 Å². The van der Waals surface area contributed by atoms with Crippen LogP contribution in [0.4, 0.5) is 5.69 Å². The van der Waals surface area contributed by atoms with Gasteiger partial charge in [-0.1, -0.05) is 31.5 Å². The number of anilines is 1. The minimum Gasteiger partial charge on any atom is -0.392 e. The molecule has 1 aliphatic rings. The molecule has 0 unspecified atom stereocenters. The largest absolute Gasteiger partial charge is 0.392 e. The highest BCUT2D eigenvalue weighted by atomic mass is 16.3. The molecule has 122 valence electrons. The molecule has 0 bridgehead atoms. The van der Waals surface area contributed by atoms with Gasteiger partial charge in [0.25, 0.3) is 0 Å². The summed E-state index contributed by atoms with van der Waals surface area (Å²) in [4.78, 5) is 2.49. The van der Waals surface area contributed by atoms with Gasteiger partial charge in [-0.3, -0.25) is 0 Å². The average molecular weight is 309 g/mol. The minimum atomic E-state index is 0.0994. The summed E-state index contributed by atoms with van der Waals surface area (Å²) in [6, 6.07) is 13.2. The number of nitrogens with zero attached hydrogens (tertiary/aromatic N) is 1. The zero-order chi connectivity index (χ0) is 16.2. The van der Waals surface area contributed by atoms with Gasteiger partial charge < -0.3 is 10.0 Å². The number of rotatable bonds is 5. The lowest BCUT2D eigenvalue weighted by molar-refractivity contribution is 0.282.